The van der Waals surface area contributed by atoms with Gasteiger partial charge in [0.15, 0.2) is 11.6 Å². The van der Waals surface area contributed by atoms with Crippen molar-refractivity contribution in [3.63, 3.8) is 0 Å². The van der Waals surface area contributed by atoms with Gasteiger partial charge in [0.25, 0.3) is 11.8 Å². The predicted molar refractivity (Wildman–Crippen MR) is 91.2 cm³/mol. The van der Waals surface area contributed by atoms with Crippen molar-refractivity contribution in [3.05, 3.63) is 65.2 Å². The third kappa shape index (κ3) is 4.24. The second-order valence-corrected chi connectivity index (χ2v) is 6.09. The number of hydrogen-bond acceptors (Lipinski definition) is 3. The molecule has 0 spiro atoms. The second kappa shape index (κ2) is 8.28. The van der Waals surface area contributed by atoms with Gasteiger partial charge < -0.3 is 14.5 Å². The van der Waals surface area contributed by atoms with Crippen molar-refractivity contribution in [3.8, 4) is 5.75 Å². The monoisotopic (exact) mass is 396 g/mol. The number of carbonyl (C=O) groups is 2. The SMILES string of the molecule is O=C(c1ccc(F)c(F)c1)N1CCN(C(=O)c2ccccc2OC(F)F)CC1. The van der Waals surface area contributed by atoms with Crippen LogP contribution in [0.2, 0.25) is 0 Å². The molecule has 1 heterocycles. The molecule has 2 aromatic carbocycles. The fraction of sp³-hybridized carbons (Fsp3) is 0.263. The summed E-state index contributed by atoms with van der Waals surface area (Å²) in [5.74, 6) is -3.35. The van der Waals surface area contributed by atoms with Crippen molar-refractivity contribution in [2.45, 2.75) is 6.61 Å². The third-order valence-electron chi connectivity index (χ3n) is 4.35. The second-order valence-electron chi connectivity index (χ2n) is 6.09. The summed E-state index contributed by atoms with van der Waals surface area (Å²) in [5.41, 5.74) is 0.0116. The Morgan fingerprint density at radius 1 is 0.857 bits per heavy atom. The van der Waals surface area contributed by atoms with E-state index in [1.165, 1.54) is 40.1 Å². The van der Waals surface area contributed by atoms with Gasteiger partial charge in [0, 0.05) is 31.7 Å². The van der Waals surface area contributed by atoms with Crippen LogP contribution in [-0.2, 0) is 0 Å². The van der Waals surface area contributed by atoms with Crippen molar-refractivity contribution in [1.82, 2.24) is 9.80 Å². The molecule has 0 N–H and O–H groups in total. The first-order valence-corrected chi connectivity index (χ1v) is 8.44. The van der Waals surface area contributed by atoms with Crippen LogP contribution < -0.4 is 4.74 Å². The first-order valence-electron chi connectivity index (χ1n) is 8.44. The Morgan fingerprint density at radius 3 is 2.07 bits per heavy atom. The van der Waals surface area contributed by atoms with Gasteiger partial charge in [-0.1, -0.05) is 12.1 Å². The maximum Gasteiger partial charge on any atom is 0.387 e. The summed E-state index contributed by atoms with van der Waals surface area (Å²) in [6.07, 6.45) is 0. The molecule has 2 amide bonds. The van der Waals surface area contributed by atoms with Crippen molar-refractivity contribution >= 4 is 11.8 Å². The van der Waals surface area contributed by atoms with Gasteiger partial charge in [0.05, 0.1) is 5.56 Å². The molecule has 1 aliphatic heterocycles. The van der Waals surface area contributed by atoms with E-state index in [2.05, 4.69) is 4.74 Å². The zero-order chi connectivity index (χ0) is 20.3. The van der Waals surface area contributed by atoms with Gasteiger partial charge >= 0.3 is 6.61 Å². The highest BCUT2D eigenvalue weighted by molar-refractivity contribution is 5.97. The van der Waals surface area contributed by atoms with Crippen molar-refractivity contribution in [2.24, 2.45) is 0 Å². The Balaban J connectivity index is 1.66. The summed E-state index contributed by atoms with van der Waals surface area (Å²) in [6, 6.07) is 8.58. The highest BCUT2D eigenvalue weighted by Gasteiger charge is 2.27. The van der Waals surface area contributed by atoms with Crippen LogP contribution in [0.25, 0.3) is 0 Å². The average Bonchev–Trinajstić information content (AvgIpc) is 2.69. The van der Waals surface area contributed by atoms with Crippen LogP contribution in [0, 0.1) is 11.6 Å². The number of carbonyl (C=O) groups excluding carboxylic acids is 2. The van der Waals surface area contributed by atoms with Gasteiger partial charge in [-0.2, -0.15) is 8.78 Å². The molecule has 0 bridgehead atoms. The Kier molecular flexibility index (Phi) is 5.81. The summed E-state index contributed by atoms with van der Waals surface area (Å²) in [5, 5.41) is 0. The van der Waals surface area contributed by atoms with Crippen LogP contribution >= 0.6 is 0 Å². The normalized spacial score (nSPS) is 14.3. The van der Waals surface area contributed by atoms with E-state index in [-0.39, 0.29) is 43.1 Å². The Hall–Kier alpha value is -3.10. The summed E-state index contributed by atoms with van der Waals surface area (Å²) < 4.78 is 55.8. The van der Waals surface area contributed by atoms with Crippen LogP contribution in [0.1, 0.15) is 20.7 Å². The zero-order valence-electron chi connectivity index (χ0n) is 14.6. The average molecular weight is 396 g/mol. The lowest BCUT2D eigenvalue weighted by molar-refractivity contribution is -0.0503. The number of alkyl halides is 2. The maximum absolute atomic E-state index is 13.3. The highest BCUT2D eigenvalue weighted by Crippen LogP contribution is 2.23. The smallest absolute Gasteiger partial charge is 0.387 e. The lowest BCUT2D eigenvalue weighted by atomic mass is 10.1. The number of para-hydroxylation sites is 1. The molecule has 3 rings (SSSR count). The van der Waals surface area contributed by atoms with Gasteiger partial charge in [-0.3, -0.25) is 9.59 Å². The van der Waals surface area contributed by atoms with E-state index in [1.807, 2.05) is 0 Å². The molecule has 148 valence electrons. The Bertz CT molecular complexity index is 883. The number of amides is 2. The van der Waals surface area contributed by atoms with Crippen molar-refractivity contribution in [1.29, 1.82) is 0 Å². The summed E-state index contributed by atoms with van der Waals surface area (Å²) in [7, 11) is 0. The molecule has 0 aromatic heterocycles. The van der Waals surface area contributed by atoms with Crippen LogP contribution in [0.4, 0.5) is 17.6 Å². The predicted octanol–water partition coefficient (Wildman–Crippen LogP) is 3.16. The molecule has 5 nitrogen and oxygen atoms in total. The fourth-order valence-electron chi connectivity index (χ4n) is 2.94. The number of benzene rings is 2. The van der Waals surface area contributed by atoms with Gasteiger partial charge in [-0.05, 0) is 30.3 Å². The lowest BCUT2D eigenvalue weighted by Crippen LogP contribution is -2.50. The van der Waals surface area contributed by atoms with Gasteiger partial charge in [0.2, 0.25) is 0 Å². The molecule has 9 heteroatoms. The molecule has 1 saturated heterocycles. The zero-order valence-corrected chi connectivity index (χ0v) is 14.6. The number of hydrogen-bond donors (Lipinski definition) is 0. The molecule has 1 aliphatic rings. The Labute approximate surface area is 158 Å². The molecule has 1 fully saturated rings. The molecule has 0 aliphatic carbocycles. The topological polar surface area (TPSA) is 49.9 Å². The number of piperazine rings is 1. The van der Waals surface area contributed by atoms with Gasteiger partial charge in [-0.15, -0.1) is 0 Å². The third-order valence-corrected chi connectivity index (χ3v) is 4.35. The minimum Gasteiger partial charge on any atom is -0.434 e. The molecule has 28 heavy (non-hydrogen) atoms. The van der Waals surface area contributed by atoms with Crippen molar-refractivity contribution < 1.29 is 31.9 Å². The molecular weight excluding hydrogens is 380 g/mol. The molecule has 0 saturated carbocycles. The quantitative estimate of drug-likeness (QED) is 0.746. The first kappa shape index (κ1) is 19.7. The highest BCUT2D eigenvalue weighted by atomic mass is 19.3. The minimum absolute atomic E-state index is 0.00295. The van der Waals surface area contributed by atoms with E-state index in [0.717, 1.165) is 12.1 Å². The number of nitrogens with zero attached hydrogens (tertiary/aromatic N) is 2. The van der Waals surface area contributed by atoms with E-state index < -0.39 is 30.1 Å². The number of rotatable bonds is 4. The number of ether oxygens (including phenoxy) is 1. The van der Waals surface area contributed by atoms with E-state index in [1.54, 1.807) is 0 Å². The summed E-state index contributed by atoms with van der Waals surface area (Å²) in [4.78, 5) is 27.9. The largest absolute Gasteiger partial charge is 0.434 e. The minimum atomic E-state index is -3.06. The number of halogens is 4. The molecule has 0 atom stereocenters. The maximum atomic E-state index is 13.3. The van der Waals surface area contributed by atoms with Crippen LogP contribution in [0.3, 0.4) is 0 Å². The van der Waals surface area contributed by atoms with E-state index in [0.29, 0.717) is 0 Å². The van der Waals surface area contributed by atoms with Crippen molar-refractivity contribution in [2.75, 3.05) is 26.2 Å². The van der Waals surface area contributed by atoms with Crippen LogP contribution in [0.5, 0.6) is 5.75 Å². The molecular formula is C19H16F4N2O3. The summed E-state index contributed by atoms with van der Waals surface area (Å²) in [6.45, 7) is -2.39. The van der Waals surface area contributed by atoms with E-state index >= 15 is 0 Å². The van der Waals surface area contributed by atoms with Crippen LogP contribution in [0.15, 0.2) is 42.5 Å². The van der Waals surface area contributed by atoms with E-state index in [4.69, 9.17) is 0 Å². The van der Waals surface area contributed by atoms with E-state index in [9.17, 15) is 27.2 Å². The fourth-order valence-corrected chi connectivity index (χ4v) is 2.94. The Morgan fingerprint density at radius 2 is 1.46 bits per heavy atom. The molecule has 2 aromatic rings. The first-order chi connectivity index (χ1) is 13.4. The standard InChI is InChI=1S/C19H16F4N2O3/c20-14-6-5-12(11-15(14)21)17(26)24-7-9-25(10-8-24)18(27)13-3-1-2-4-16(13)28-19(22)23/h1-6,11,19H,7-10H2. The van der Waals surface area contributed by atoms with Gasteiger partial charge in [-0.25, -0.2) is 8.78 Å². The van der Waals surface area contributed by atoms with Crippen LogP contribution in [-0.4, -0.2) is 54.4 Å². The lowest BCUT2D eigenvalue weighted by Gasteiger charge is -2.35. The summed E-state index contributed by atoms with van der Waals surface area (Å²) >= 11 is 0. The van der Waals surface area contributed by atoms with Gasteiger partial charge in [0.1, 0.15) is 5.75 Å². The molecule has 0 radical (unpaired) electrons. The molecule has 0 unspecified atom stereocenters.